The van der Waals surface area contributed by atoms with E-state index in [2.05, 4.69) is 10.3 Å². The highest BCUT2D eigenvalue weighted by atomic mass is 16.5. The Morgan fingerprint density at radius 3 is 3.00 bits per heavy atom. The third-order valence-corrected chi connectivity index (χ3v) is 3.63. The zero-order valence-corrected chi connectivity index (χ0v) is 13.0. The first-order chi connectivity index (χ1) is 11.1. The molecular formula is C16H17N3O4. The van der Waals surface area contributed by atoms with Gasteiger partial charge in [-0.15, -0.1) is 0 Å². The molecule has 0 spiro atoms. The number of carbonyl (C=O) groups is 2. The van der Waals surface area contributed by atoms with Gasteiger partial charge in [-0.2, -0.15) is 0 Å². The number of carbonyl (C=O) groups excluding carboxylic acids is 2. The van der Waals surface area contributed by atoms with Crippen LogP contribution in [0, 0.1) is 0 Å². The van der Waals surface area contributed by atoms with E-state index in [1.807, 2.05) is 6.92 Å². The van der Waals surface area contributed by atoms with Crippen LogP contribution in [0.5, 0.6) is 5.88 Å². The quantitative estimate of drug-likeness (QED) is 0.932. The second-order valence-electron chi connectivity index (χ2n) is 5.20. The van der Waals surface area contributed by atoms with Crippen molar-refractivity contribution in [1.82, 2.24) is 9.88 Å². The molecule has 3 rings (SSSR count). The number of rotatable bonds is 4. The number of aromatic nitrogens is 1. The average Bonchev–Trinajstić information content (AvgIpc) is 2.98. The van der Waals surface area contributed by atoms with Crippen molar-refractivity contribution in [3.63, 3.8) is 0 Å². The zero-order chi connectivity index (χ0) is 16.4. The van der Waals surface area contributed by atoms with Crippen molar-refractivity contribution >= 4 is 17.5 Å². The highest BCUT2D eigenvalue weighted by Gasteiger charge is 2.30. The second-order valence-corrected chi connectivity index (χ2v) is 5.20. The molecule has 0 aromatic carbocycles. The molecule has 23 heavy (non-hydrogen) atoms. The van der Waals surface area contributed by atoms with Gasteiger partial charge < -0.3 is 19.4 Å². The molecule has 0 fully saturated rings. The van der Waals surface area contributed by atoms with Crippen molar-refractivity contribution in [3.8, 4) is 5.88 Å². The first-order valence-electron chi connectivity index (χ1n) is 7.36. The van der Waals surface area contributed by atoms with Gasteiger partial charge in [0, 0.05) is 26.1 Å². The largest absolute Gasteiger partial charge is 0.478 e. The molecule has 1 aliphatic rings. The van der Waals surface area contributed by atoms with Crippen LogP contribution < -0.4 is 10.1 Å². The van der Waals surface area contributed by atoms with Crippen LogP contribution in [-0.2, 0) is 6.42 Å². The van der Waals surface area contributed by atoms with E-state index in [0.29, 0.717) is 42.5 Å². The summed E-state index contributed by atoms with van der Waals surface area (Å²) in [5.41, 5.74) is 1.10. The van der Waals surface area contributed by atoms with Crippen LogP contribution in [0.3, 0.4) is 0 Å². The molecule has 2 aromatic heterocycles. The monoisotopic (exact) mass is 315 g/mol. The SMILES string of the molecule is CCOc1ccc(NC(=O)c2coc3c2C(=O)N(C)CC3)cn1. The molecule has 0 unspecified atom stereocenters. The number of hydrogen-bond donors (Lipinski definition) is 1. The van der Waals surface area contributed by atoms with Gasteiger partial charge in [-0.05, 0) is 13.0 Å². The minimum atomic E-state index is -0.399. The number of nitrogens with zero attached hydrogens (tertiary/aromatic N) is 2. The summed E-state index contributed by atoms with van der Waals surface area (Å²) in [6.07, 6.45) is 3.44. The van der Waals surface area contributed by atoms with E-state index in [1.54, 1.807) is 24.1 Å². The molecule has 3 heterocycles. The van der Waals surface area contributed by atoms with E-state index in [1.165, 1.54) is 12.5 Å². The van der Waals surface area contributed by atoms with Gasteiger partial charge in [0.1, 0.15) is 12.0 Å². The molecule has 0 aliphatic carbocycles. The maximum Gasteiger partial charge on any atom is 0.259 e. The number of anilines is 1. The van der Waals surface area contributed by atoms with Crippen molar-refractivity contribution in [2.75, 3.05) is 25.5 Å². The van der Waals surface area contributed by atoms with Crippen molar-refractivity contribution in [2.45, 2.75) is 13.3 Å². The minimum absolute atomic E-state index is 0.199. The second kappa shape index (κ2) is 6.12. The fourth-order valence-electron chi connectivity index (χ4n) is 2.43. The molecule has 0 bridgehead atoms. The topological polar surface area (TPSA) is 84.7 Å². The Morgan fingerprint density at radius 2 is 2.30 bits per heavy atom. The zero-order valence-electron chi connectivity index (χ0n) is 13.0. The lowest BCUT2D eigenvalue weighted by Crippen LogP contribution is -2.34. The van der Waals surface area contributed by atoms with E-state index >= 15 is 0 Å². The smallest absolute Gasteiger partial charge is 0.259 e. The summed E-state index contributed by atoms with van der Waals surface area (Å²) in [6.45, 7) is 2.98. The molecule has 0 atom stereocenters. The number of amides is 2. The van der Waals surface area contributed by atoms with E-state index in [-0.39, 0.29) is 11.5 Å². The lowest BCUT2D eigenvalue weighted by Gasteiger charge is -2.21. The van der Waals surface area contributed by atoms with Gasteiger partial charge >= 0.3 is 0 Å². The fourth-order valence-corrected chi connectivity index (χ4v) is 2.43. The van der Waals surface area contributed by atoms with E-state index in [9.17, 15) is 9.59 Å². The van der Waals surface area contributed by atoms with Crippen molar-refractivity contribution < 1.29 is 18.7 Å². The first-order valence-corrected chi connectivity index (χ1v) is 7.36. The van der Waals surface area contributed by atoms with Gasteiger partial charge in [-0.25, -0.2) is 4.98 Å². The van der Waals surface area contributed by atoms with Gasteiger partial charge in [0.05, 0.1) is 29.6 Å². The Kier molecular flexibility index (Phi) is 4.01. The lowest BCUT2D eigenvalue weighted by atomic mass is 10.0. The van der Waals surface area contributed by atoms with Crippen LogP contribution in [0.25, 0.3) is 0 Å². The number of pyridine rings is 1. The molecule has 120 valence electrons. The van der Waals surface area contributed by atoms with Crippen molar-refractivity contribution in [1.29, 1.82) is 0 Å². The van der Waals surface area contributed by atoms with Gasteiger partial charge in [0.2, 0.25) is 5.88 Å². The van der Waals surface area contributed by atoms with Crippen LogP contribution in [0.2, 0.25) is 0 Å². The summed E-state index contributed by atoms with van der Waals surface area (Å²) in [5.74, 6) is 0.450. The van der Waals surface area contributed by atoms with Crippen molar-refractivity contribution in [3.05, 3.63) is 41.5 Å². The van der Waals surface area contributed by atoms with Gasteiger partial charge in [0.15, 0.2) is 0 Å². The highest BCUT2D eigenvalue weighted by Crippen LogP contribution is 2.25. The molecule has 1 N–H and O–H groups in total. The van der Waals surface area contributed by atoms with Gasteiger partial charge in [-0.3, -0.25) is 9.59 Å². The number of ether oxygens (including phenoxy) is 1. The van der Waals surface area contributed by atoms with E-state index in [0.717, 1.165) is 0 Å². The molecule has 2 aromatic rings. The summed E-state index contributed by atoms with van der Waals surface area (Å²) in [7, 11) is 1.70. The summed E-state index contributed by atoms with van der Waals surface area (Å²) < 4.78 is 10.6. The Balaban J connectivity index is 1.79. The van der Waals surface area contributed by atoms with E-state index < -0.39 is 5.91 Å². The summed E-state index contributed by atoms with van der Waals surface area (Å²) >= 11 is 0. The number of fused-ring (bicyclic) bond motifs is 1. The average molecular weight is 315 g/mol. The summed E-state index contributed by atoms with van der Waals surface area (Å²) in [6, 6.07) is 3.36. The number of furan rings is 1. The third kappa shape index (κ3) is 2.90. The minimum Gasteiger partial charge on any atom is -0.478 e. The Labute approximate surface area is 133 Å². The summed E-state index contributed by atoms with van der Waals surface area (Å²) in [4.78, 5) is 30.3. The molecule has 1 aliphatic heterocycles. The predicted octanol–water partition coefficient (Wildman–Crippen LogP) is 1.95. The Morgan fingerprint density at radius 1 is 1.48 bits per heavy atom. The number of hydrogen-bond acceptors (Lipinski definition) is 5. The predicted molar refractivity (Wildman–Crippen MR) is 82.7 cm³/mol. The van der Waals surface area contributed by atoms with Gasteiger partial charge in [-0.1, -0.05) is 0 Å². The third-order valence-electron chi connectivity index (χ3n) is 3.63. The highest BCUT2D eigenvalue weighted by molar-refractivity contribution is 6.12. The molecular weight excluding hydrogens is 298 g/mol. The molecule has 0 saturated carbocycles. The normalized spacial score (nSPS) is 13.7. The first kappa shape index (κ1) is 15.1. The fraction of sp³-hybridized carbons (Fsp3) is 0.312. The molecule has 0 radical (unpaired) electrons. The Hall–Kier alpha value is -2.83. The van der Waals surface area contributed by atoms with Crippen LogP contribution in [-0.4, -0.2) is 41.9 Å². The number of nitrogens with one attached hydrogen (secondary N) is 1. The maximum absolute atomic E-state index is 12.4. The molecule has 7 nitrogen and oxygen atoms in total. The van der Waals surface area contributed by atoms with Crippen molar-refractivity contribution in [2.24, 2.45) is 0 Å². The number of likely N-dealkylation sites (N-methyl/N-ethyl adjacent to an activating group) is 1. The lowest BCUT2D eigenvalue weighted by molar-refractivity contribution is 0.0770. The standard InChI is InChI=1S/C16H17N3O4/c1-3-22-13-5-4-10(8-17-13)18-15(20)11-9-23-12-6-7-19(2)16(21)14(11)12/h4-5,8-9H,3,6-7H2,1-2H3,(H,18,20). The van der Waals surface area contributed by atoms with Gasteiger partial charge in [0.25, 0.3) is 11.8 Å². The van der Waals surface area contributed by atoms with Crippen LogP contribution in [0.4, 0.5) is 5.69 Å². The van der Waals surface area contributed by atoms with Crippen LogP contribution in [0.1, 0.15) is 33.4 Å². The maximum atomic E-state index is 12.4. The van der Waals surface area contributed by atoms with E-state index in [4.69, 9.17) is 9.15 Å². The summed E-state index contributed by atoms with van der Waals surface area (Å²) in [5, 5.41) is 2.71. The molecule has 7 heteroatoms. The van der Waals surface area contributed by atoms with Crippen LogP contribution >= 0.6 is 0 Å². The molecule has 0 saturated heterocycles. The Bertz CT molecular complexity index is 736. The molecule has 2 amide bonds. The van der Waals surface area contributed by atoms with Crippen LogP contribution in [0.15, 0.2) is 29.0 Å².